The summed E-state index contributed by atoms with van der Waals surface area (Å²) in [4.78, 5) is 2.15. The van der Waals surface area contributed by atoms with Crippen LogP contribution < -0.4 is 0 Å². The maximum absolute atomic E-state index is 14.2. The third-order valence-corrected chi connectivity index (χ3v) is 5.91. The Morgan fingerprint density at radius 1 is 1.15 bits per heavy atom. The molecule has 0 amide bonds. The summed E-state index contributed by atoms with van der Waals surface area (Å²) < 4.78 is 26.7. The van der Waals surface area contributed by atoms with Crippen LogP contribution in [-0.4, -0.2) is 38.8 Å². The smallest absolute Gasteiger partial charge is 0.123 e. The number of nitrogens with zero attached hydrogens (tertiary/aromatic N) is 1. The summed E-state index contributed by atoms with van der Waals surface area (Å²) in [6.45, 7) is 2.93. The quantitative estimate of drug-likeness (QED) is 0.823. The molecule has 0 aromatic heterocycles. The summed E-state index contributed by atoms with van der Waals surface area (Å²) in [7, 11) is 5.84. The van der Waals surface area contributed by atoms with Crippen molar-refractivity contribution in [1.82, 2.24) is 4.90 Å². The lowest BCUT2D eigenvalue weighted by molar-refractivity contribution is 0.0204. The number of ether oxygens (including phenoxy) is 2. The average molecular weight is 355 g/mol. The molecule has 2 aromatic rings. The first kappa shape index (κ1) is 17.7. The van der Waals surface area contributed by atoms with E-state index in [1.165, 1.54) is 11.6 Å². The highest BCUT2D eigenvalue weighted by molar-refractivity contribution is 5.51. The first-order chi connectivity index (χ1) is 12.4. The fourth-order valence-corrected chi connectivity index (χ4v) is 4.69. The summed E-state index contributed by atoms with van der Waals surface area (Å²) in [6, 6.07) is 13.4. The highest BCUT2D eigenvalue weighted by Gasteiger charge is 2.46. The Balaban J connectivity index is 1.92. The molecule has 1 fully saturated rings. The van der Waals surface area contributed by atoms with Crippen LogP contribution in [0.2, 0.25) is 0 Å². The lowest BCUT2D eigenvalue weighted by Crippen LogP contribution is -2.29. The number of hydrogen-bond acceptors (Lipinski definition) is 3. The van der Waals surface area contributed by atoms with E-state index in [9.17, 15) is 4.39 Å². The Kier molecular flexibility index (Phi) is 4.38. The van der Waals surface area contributed by atoms with Crippen LogP contribution in [0, 0.1) is 5.82 Å². The van der Waals surface area contributed by atoms with Gasteiger partial charge >= 0.3 is 0 Å². The summed E-state index contributed by atoms with van der Waals surface area (Å²) in [5, 5.41) is 0. The molecule has 3 nitrogen and oxygen atoms in total. The zero-order chi connectivity index (χ0) is 18.5. The van der Waals surface area contributed by atoms with E-state index < -0.39 is 5.60 Å². The van der Waals surface area contributed by atoms with E-state index >= 15 is 0 Å². The van der Waals surface area contributed by atoms with Gasteiger partial charge in [-0.15, -0.1) is 0 Å². The molecule has 1 heterocycles. The predicted octanol–water partition coefficient (Wildman–Crippen LogP) is 4.22. The Morgan fingerprint density at radius 3 is 2.62 bits per heavy atom. The molecule has 138 valence electrons. The molecule has 0 N–H and O–H groups in total. The third kappa shape index (κ3) is 2.68. The van der Waals surface area contributed by atoms with Crippen LogP contribution >= 0.6 is 0 Å². The molecule has 4 unspecified atom stereocenters. The molecular weight excluding hydrogens is 329 g/mol. The van der Waals surface area contributed by atoms with Crippen molar-refractivity contribution >= 4 is 0 Å². The Hall–Kier alpha value is -1.75. The van der Waals surface area contributed by atoms with Crippen molar-refractivity contribution in [3.05, 3.63) is 70.5 Å². The van der Waals surface area contributed by atoms with Crippen molar-refractivity contribution in [3.8, 4) is 0 Å². The average Bonchev–Trinajstić information content (AvgIpc) is 3.00. The molecule has 1 aliphatic heterocycles. The first-order valence-corrected chi connectivity index (χ1v) is 9.18. The van der Waals surface area contributed by atoms with Gasteiger partial charge in [0.25, 0.3) is 0 Å². The second kappa shape index (κ2) is 6.45. The minimum atomic E-state index is -0.621. The van der Waals surface area contributed by atoms with E-state index in [-0.39, 0.29) is 23.9 Å². The minimum absolute atomic E-state index is 0.135. The number of rotatable bonds is 3. The number of halogens is 1. The number of methoxy groups -OCH3 is 1. The van der Waals surface area contributed by atoms with E-state index in [2.05, 4.69) is 44.1 Å². The van der Waals surface area contributed by atoms with E-state index in [0.29, 0.717) is 0 Å². The van der Waals surface area contributed by atoms with Crippen LogP contribution in [0.3, 0.4) is 0 Å². The number of hydrogen-bond donors (Lipinski definition) is 0. The third-order valence-electron chi connectivity index (χ3n) is 5.91. The Morgan fingerprint density at radius 2 is 1.88 bits per heavy atom. The Bertz CT molecular complexity index is 822. The van der Waals surface area contributed by atoms with Gasteiger partial charge in [0.15, 0.2) is 0 Å². The lowest BCUT2D eigenvalue weighted by atomic mass is 9.83. The minimum Gasteiger partial charge on any atom is -0.369 e. The first-order valence-electron chi connectivity index (χ1n) is 9.18. The summed E-state index contributed by atoms with van der Waals surface area (Å²) >= 11 is 0. The summed E-state index contributed by atoms with van der Waals surface area (Å²) in [5.41, 5.74) is 3.69. The SMILES string of the molecule is COC1(C)c2ccccc2C2CC(CN(C)C)OC2c2cc(F)ccc21. The van der Waals surface area contributed by atoms with Crippen LogP contribution in [0.5, 0.6) is 0 Å². The van der Waals surface area contributed by atoms with Crippen LogP contribution in [0.15, 0.2) is 42.5 Å². The van der Waals surface area contributed by atoms with Crippen LogP contribution in [-0.2, 0) is 15.1 Å². The van der Waals surface area contributed by atoms with Gasteiger partial charge < -0.3 is 14.4 Å². The van der Waals surface area contributed by atoms with Gasteiger partial charge in [0.05, 0.1) is 12.2 Å². The second-order valence-electron chi connectivity index (χ2n) is 7.84. The van der Waals surface area contributed by atoms with Gasteiger partial charge in [-0.3, -0.25) is 0 Å². The maximum Gasteiger partial charge on any atom is 0.123 e. The van der Waals surface area contributed by atoms with Crippen molar-refractivity contribution in [2.24, 2.45) is 0 Å². The van der Waals surface area contributed by atoms with Crippen molar-refractivity contribution < 1.29 is 13.9 Å². The zero-order valence-corrected chi connectivity index (χ0v) is 15.8. The van der Waals surface area contributed by atoms with E-state index in [1.54, 1.807) is 13.2 Å². The molecule has 0 radical (unpaired) electrons. The van der Waals surface area contributed by atoms with Gasteiger partial charge in [-0.1, -0.05) is 30.3 Å². The molecule has 2 aromatic carbocycles. The molecule has 0 spiro atoms. The summed E-state index contributed by atoms with van der Waals surface area (Å²) in [6.07, 6.45) is 0.912. The number of likely N-dealkylation sites (N-methyl/N-ethyl adjacent to an activating group) is 1. The van der Waals surface area contributed by atoms with Crippen molar-refractivity contribution in [2.75, 3.05) is 27.7 Å². The fraction of sp³-hybridized carbons (Fsp3) is 0.455. The monoisotopic (exact) mass is 355 g/mol. The second-order valence-corrected chi connectivity index (χ2v) is 7.84. The zero-order valence-electron chi connectivity index (χ0n) is 15.8. The van der Waals surface area contributed by atoms with Gasteiger partial charge in [-0.2, -0.15) is 0 Å². The van der Waals surface area contributed by atoms with Crippen molar-refractivity contribution in [1.29, 1.82) is 0 Å². The molecule has 1 saturated heterocycles. The van der Waals surface area contributed by atoms with Gasteiger partial charge in [0.2, 0.25) is 0 Å². The summed E-state index contributed by atoms with van der Waals surface area (Å²) in [5.74, 6) is -0.0276. The molecule has 1 aliphatic carbocycles. The highest BCUT2D eigenvalue weighted by Crippen LogP contribution is 2.54. The van der Waals surface area contributed by atoms with Crippen LogP contribution in [0.25, 0.3) is 0 Å². The predicted molar refractivity (Wildman–Crippen MR) is 99.8 cm³/mol. The van der Waals surface area contributed by atoms with E-state index in [0.717, 1.165) is 29.7 Å². The standard InChI is InChI=1S/C22H26FNO2/c1-22(25-4)19-8-6-5-7-16(19)17-12-15(13-24(2)3)26-21(17)18-11-14(23)9-10-20(18)22/h5-11,15,17,21H,12-13H2,1-4H3. The largest absolute Gasteiger partial charge is 0.369 e. The van der Waals surface area contributed by atoms with Crippen LogP contribution in [0.1, 0.15) is 47.6 Å². The molecule has 2 aliphatic rings. The normalized spacial score (nSPS) is 29.8. The van der Waals surface area contributed by atoms with Gasteiger partial charge in [0.1, 0.15) is 11.4 Å². The van der Waals surface area contributed by atoms with E-state index in [1.807, 2.05) is 12.1 Å². The van der Waals surface area contributed by atoms with Crippen LogP contribution in [0.4, 0.5) is 4.39 Å². The topological polar surface area (TPSA) is 21.7 Å². The van der Waals surface area contributed by atoms with Gasteiger partial charge in [0, 0.05) is 19.6 Å². The van der Waals surface area contributed by atoms with Gasteiger partial charge in [-0.05, 0) is 61.8 Å². The Labute approximate surface area is 154 Å². The molecular formula is C22H26FNO2. The fourth-order valence-electron chi connectivity index (χ4n) is 4.69. The van der Waals surface area contributed by atoms with Gasteiger partial charge in [-0.25, -0.2) is 4.39 Å². The number of benzene rings is 2. The maximum atomic E-state index is 14.2. The molecule has 26 heavy (non-hydrogen) atoms. The molecule has 0 bridgehead atoms. The van der Waals surface area contributed by atoms with Crippen molar-refractivity contribution in [3.63, 3.8) is 0 Å². The lowest BCUT2D eigenvalue weighted by Gasteiger charge is -2.32. The number of fused-ring (bicyclic) bond motifs is 5. The molecule has 4 rings (SSSR count). The van der Waals surface area contributed by atoms with E-state index in [4.69, 9.17) is 9.47 Å². The van der Waals surface area contributed by atoms with Crippen molar-refractivity contribution in [2.45, 2.75) is 37.1 Å². The molecule has 0 saturated carbocycles. The molecule has 4 heteroatoms. The molecule has 4 atom stereocenters. The highest BCUT2D eigenvalue weighted by atomic mass is 19.1.